The van der Waals surface area contributed by atoms with E-state index in [9.17, 15) is 0 Å². The third-order valence-corrected chi connectivity index (χ3v) is 5.26. The Labute approximate surface area is 109 Å². The van der Waals surface area contributed by atoms with Crippen molar-refractivity contribution in [2.24, 2.45) is 11.8 Å². The summed E-state index contributed by atoms with van der Waals surface area (Å²) < 4.78 is 0. The van der Waals surface area contributed by atoms with Crippen LogP contribution < -0.4 is 21.3 Å². The SMILES string of the molecule is C1CC2NC3NC4CCNCC4CN3CC2CN1. The van der Waals surface area contributed by atoms with E-state index in [0.29, 0.717) is 6.29 Å². The summed E-state index contributed by atoms with van der Waals surface area (Å²) in [6, 6.07) is 1.44. The molecule has 102 valence electrons. The van der Waals surface area contributed by atoms with Gasteiger partial charge in [-0.15, -0.1) is 0 Å². The molecule has 0 aliphatic carbocycles. The third-order valence-electron chi connectivity index (χ3n) is 5.26. The fourth-order valence-electron chi connectivity index (χ4n) is 4.22. The Kier molecular flexibility index (Phi) is 3.05. The second-order valence-corrected chi connectivity index (χ2v) is 6.41. The zero-order valence-electron chi connectivity index (χ0n) is 11.0. The van der Waals surface area contributed by atoms with Crippen LogP contribution in [0.5, 0.6) is 0 Å². The fraction of sp³-hybridized carbons (Fsp3) is 1.00. The van der Waals surface area contributed by atoms with Crippen molar-refractivity contribution in [3.05, 3.63) is 0 Å². The quantitative estimate of drug-likeness (QED) is 0.433. The van der Waals surface area contributed by atoms with Crippen molar-refractivity contribution in [3.63, 3.8) is 0 Å². The Morgan fingerprint density at radius 1 is 0.778 bits per heavy atom. The van der Waals surface area contributed by atoms with Gasteiger partial charge in [-0.05, 0) is 37.8 Å². The van der Waals surface area contributed by atoms with Crippen LogP contribution >= 0.6 is 0 Å². The van der Waals surface area contributed by atoms with Crippen LogP contribution in [0, 0.1) is 11.8 Å². The molecule has 0 radical (unpaired) electrons. The van der Waals surface area contributed by atoms with Gasteiger partial charge in [0.25, 0.3) is 0 Å². The first-order chi connectivity index (χ1) is 8.90. The molecule has 18 heavy (non-hydrogen) atoms. The Hall–Kier alpha value is -0.200. The average molecular weight is 251 g/mol. The van der Waals surface area contributed by atoms with Crippen LogP contribution in [0.25, 0.3) is 0 Å². The normalized spacial score (nSPS) is 49.0. The first-order valence-corrected chi connectivity index (χ1v) is 7.58. The highest BCUT2D eigenvalue weighted by Crippen LogP contribution is 2.26. The van der Waals surface area contributed by atoms with E-state index >= 15 is 0 Å². The van der Waals surface area contributed by atoms with Gasteiger partial charge < -0.3 is 10.6 Å². The van der Waals surface area contributed by atoms with Crippen LogP contribution in [-0.4, -0.2) is 62.5 Å². The van der Waals surface area contributed by atoms with Crippen molar-refractivity contribution in [2.45, 2.75) is 31.2 Å². The maximum atomic E-state index is 3.84. The molecule has 4 saturated heterocycles. The molecular formula is C13H25N5. The van der Waals surface area contributed by atoms with Gasteiger partial charge in [0.2, 0.25) is 0 Å². The molecule has 0 aromatic carbocycles. The number of piperidine rings is 2. The van der Waals surface area contributed by atoms with Crippen LogP contribution in [0.2, 0.25) is 0 Å². The number of nitrogens with zero attached hydrogens (tertiary/aromatic N) is 1. The molecule has 0 bridgehead atoms. The van der Waals surface area contributed by atoms with E-state index in [1.807, 2.05) is 0 Å². The van der Waals surface area contributed by atoms with Crippen molar-refractivity contribution in [1.29, 1.82) is 0 Å². The van der Waals surface area contributed by atoms with E-state index in [2.05, 4.69) is 26.2 Å². The van der Waals surface area contributed by atoms with Gasteiger partial charge in [0.1, 0.15) is 6.29 Å². The zero-order valence-corrected chi connectivity index (χ0v) is 11.0. The molecule has 4 fully saturated rings. The summed E-state index contributed by atoms with van der Waals surface area (Å²) in [7, 11) is 0. The minimum atomic E-state index is 0.434. The monoisotopic (exact) mass is 251 g/mol. The molecule has 4 aliphatic heterocycles. The zero-order chi connectivity index (χ0) is 11.9. The molecule has 4 heterocycles. The number of fused-ring (bicyclic) bond motifs is 3. The van der Waals surface area contributed by atoms with Crippen molar-refractivity contribution >= 4 is 0 Å². The largest absolute Gasteiger partial charge is 0.316 e. The van der Waals surface area contributed by atoms with Gasteiger partial charge in [0.15, 0.2) is 0 Å². The van der Waals surface area contributed by atoms with E-state index in [-0.39, 0.29) is 0 Å². The summed E-state index contributed by atoms with van der Waals surface area (Å²) in [5.74, 6) is 1.59. The highest BCUT2D eigenvalue weighted by atomic mass is 15.4. The Bertz CT molecular complexity index is 252. The standard InChI is InChI=1S/C13H25N5/c1-3-14-5-9-7-18-8-10-6-15-4-2-12(10)17-13(18)16-11(1)9/h9-17H,1-8H2. The van der Waals surface area contributed by atoms with Gasteiger partial charge in [-0.3, -0.25) is 15.5 Å². The van der Waals surface area contributed by atoms with E-state index in [0.717, 1.165) is 23.9 Å². The van der Waals surface area contributed by atoms with E-state index in [1.165, 1.54) is 52.1 Å². The summed E-state index contributed by atoms with van der Waals surface area (Å²) in [6.45, 7) is 7.24. The lowest BCUT2D eigenvalue weighted by Gasteiger charge is -2.54. The van der Waals surface area contributed by atoms with Crippen molar-refractivity contribution in [1.82, 2.24) is 26.2 Å². The molecule has 4 aliphatic rings. The first kappa shape index (κ1) is 11.6. The lowest BCUT2D eigenvalue weighted by Crippen LogP contribution is -2.74. The van der Waals surface area contributed by atoms with Crippen molar-refractivity contribution in [2.75, 3.05) is 39.3 Å². The van der Waals surface area contributed by atoms with Gasteiger partial charge >= 0.3 is 0 Å². The van der Waals surface area contributed by atoms with E-state index in [1.54, 1.807) is 0 Å². The van der Waals surface area contributed by atoms with E-state index in [4.69, 9.17) is 0 Å². The molecule has 0 aromatic heterocycles. The predicted molar refractivity (Wildman–Crippen MR) is 71.2 cm³/mol. The molecule has 4 atom stereocenters. The summed E-state index contributed by atoms with van der Waals surface area (Å²) in [5.41, 5.74) is 0. The van der Waals surface area contributed by atoms with E-state index < -0.39 is 0 Å². The highest BCUT2D eigenvalue weighted by molar-refractivity contribution is 4.98. The molecule has 4 N–H and O–H groups in total. The van der Waals surface area contributed by atoms with Crippen LogP contribution in [-0.2, 0) is 0 Å². The predicted octanol–water partition coefficient (Wildman–Crippen LogP) is -1.27. The summed E-state index contributed by atoms with van der Waals surface area (Å²) in [5, 5.41) is 14.8. The molecule has 0 saturated carbocycles. The fourth-order valence-corrected chi connectivity index (χ4v) is 4.22. The molecule has 0 spiro atoms. The Morgan fingerprint density at radius 2 is 1.33 bits per heavy atom. The second kappa shape index (κ2) is 4.72. The molecule has 5 nitrogen and oxygen atoms in total. The minimum absolute atomic E-state index is 0.434. The molecular weight excluding hydrogens is 226 g/mol. The van der Waals surface area contributed by atoms with Crippen molar-refractivity contribution < 1.29 is 0 Å². The first-order valence-electron chi connectivity index (χ1n) is 7.58. The number of nitrogens with one attached hydrogen (secondary N) is 4. The number of hydrogen-bond donors (Lipinski definition) is 4. The van der Waals surface area contributed by atoms with Gasteiger partial charge in [0, 0.05) is 38.3 Å². The topological polar surface area (TPSA) is 51.4 Å². The smallest absolute Gasteiger partial charge is 0.114 e. The third kappa shape index (κ3) is 1.98. The molecule has 0 amide bonds. The highest BCUT2D eigenvalue weighted by Gasteiger charge is 2.42. The van der Waals surface area contributed by atoms with Crippen molar-refractivity contribution in [3.8, 4) is 0 Å². The van der Waals surface area contributed by atoms with Gasteiger partial charge in [0.05, 0.1) is 0 Å². The number of rotatable bonds is 0. The van der Waals surface area contributed by atoms with Gasteiger partial charge in [-0.1, -0.05) is 0 Å². The molecule has 5 heteroatoms. The lowest BCUT2D eigenvalue weighted by atomic mass is 9.86. The van der Waals surface area contributed by atoms with Crippen LogP contribution in [0.3, 0.4) is 0 Å². The Morgan fingerprint density at radius 3 is 1.89 bits per heavy atom. The van der Waals surface area contributed by atoms with Crippen LogP contribution in [0.4, 0.5) is 0 Å². The molecule has 4 unspecified atom stereocenters. The average Bonchev–Trinajstić information content (AvgIpc) is 2.42. The number of hydrogen-bond acceptors (Lipinski definition) is 5. The molecule has 4 rings (SSSR count). The minimum Gasteiger partial charge on any atom is -0.316 e. The van der Waals surface area contributed by atoms with Gasteiger partial charge in [-0.25, -0.2) is 0 Å². The van der Waals surface area contributed by atoms with Crippen LogP contribution in [0.15, 0.2) is 0 Å². The van der Waals surface area contributed by atoms with Gasteiger partial charge in [-0.2, -0.15) is 0 Å². The Balaban J connectivity index is 1.46. The maximum Gasteiger partial charge on any atom is 0.114 e. The van der Waals surface area contributed by atoms with Crippen LogP contribution in [0.1, 0.15) is 12.8 Å². The summed E-state index contributed by atoms with van der Waals surface area (Å²) >= 11 is 0. The summed E-state index contributed by atoms with van der Waals surface area (Å²) in [4.78, 5) is 2.63. The summed E-state index contributed by atoms with van der Waals surface area (Å²) in [6.07, 6.45) is 3.00. The molecule has 0 aromatic rings. The second-order valence-electron chi connectivity index (χ2n) is 6.41. The lowest BCUT2D eigenvalue weighted by molar-refractivity contribution is -0.0316. The maximum absolute atomic E-state index is 3.84.